The van der Waals surface area contributed by atoms with Gasteiger partial charge in [-0.25, -0.2) is 9.67 Å². The van der Waals surface area contributed by atoms with Crippen molar-refractivity contribution in [1.82, 2.24) is 25.2 Å². The molecule has 0 saturated carbocycles. The number of aryl methyl sites for hydroxylation is 2. The summed E-state index contributed by atoms with van der Waals surface area (Å²) in [5.74, 6) is -0.101. The van der Waals surface area contributed by atoms with Crippen LogP contribution < -0.4 is 5.32 Å². The highest BCUT2D eigenvalue weighted by Crippen LogP contribution is 2.31. The number of anilines is 1. The van der Waals surface area contributed by atoms with Crippen molar-refractivity contribution >= 4 is 44.9 Å². The van der Waals surface area contributed by atoms with E-state index in [9.17, 15) is 4.79 Å². The fourth-order valence-corrected chi connectivity index (χ4v) is 4.45. The van der Waals surface area contributed by atoms with E-state index >= 15 is 0 Å². The minimum absolute atomic E-state index is 0.101. The quantitative estimate of drug-likeness (QED) is 0.502. The SMILES string of the molecule is Cc1ccc2nc(-c3ccc(NC(=O)C(C)Sc4nnnn4C)cc3)sc2c1. The van der Waals surface area contributed by atoms with Crippen molar-refractivity contribution in [1.29, 1.82) is 0 Å². The minimum atomic E-state index is -0.322. The molecule has 4 rings (SSSR count). The van der Waals surface area contributed by atoms with Crippen molar-refractivity contribution < 1.29 is 4.79 Å². The van der Waals surface area contributed by atoms with Gasteiger partial charge in [-0.1, -0.05) is 17.8 Å². The van der Waals surface area contributed by atoms with Gasteiger partial charge in [0.15, 0.2) is 0 Å². The number of hydrogen-bond donors (Lipinski definition) is 1. The van der Waals surface area contributed by atoms with E-state index < -0.39 is 0 Å². The number of hydrogen-bond acceptors (Lipinski definition) is 7. The molecule has 0 fully saturated rings. The first-order valence-electron chi connectivity index (χ1n) is 8.67. The molecule has 0 aliphatic rings. The average Bonchev–Trinajstić information content (AvgIpc) is 3.28. The van der Waals surface area contributed by atoms with Gasteiger partial charge in [-0.2, -0.15) is 0 Å². The molecule has 1 atom stereocenters. The molecule has 1 unspecified atom stereocenters. The van der Waals surface area contributed by atoms with Crippen LogP contribution in [0.2, 0.25) is 0 Å². The molecule has 1 N–H and O–H groups in total. The van der Waals surface area contributed by atoms with E-state index in [4.69, 9.17) is 4.98 Å². The standard InChI is InChI=1S/C19H18N6OS2/c1-11-4-9-15-16(10-11)28-18(21-15)13-5-7-14(8-6-13)20-17(26)12(2)27-19-22-23-24-25(19)3/h4-10,12H,1-3H3,(H,20,26). The molecular weight excluding hydrogens is 392 g/mol. The van der Waals surface area contributed by atoms with Gasteiger partial charge in [-0.05, 0) is 66.2 Å². The monoisotopic (exact) mass is 410 g/mol. The highest BCUT2D eigenvalue weighted by molar-refractivity contribution is 8.00. The lowest BCUT2D eigenvalue weighted by atomic mass is 10.2. The zero-order valence-corrected chi connectivity index (χ0v) is 17.2. The molecule has 142 valence electrons. The predicted octanol–water partition coefficient (Wildman–Crippen LogP) is 3.91. The Bertz CT molecular complexity index is 1140. The zero-order chi connectivity index (χ0) is 19.7. The lowest BCUT2D eigenvalue weighted by Crippen LogP contribution is -2.22. The van der Waals surface area contributed by atoms with E-state index in [0.717, 1.165) is 21.8 Å². The molecular formula is C19H18N6OS2. The van der Waals surface area contributed by atoms with E-state index in [1.54, 1.807) is 23.1 Å². The predicted molar refractivity (Wildman–Crippen MR) is 113 cm³/mol. The van der Waals surface area contributed by atoms with Gasteiger partial charge in [0.05, 0.1) is 15.5 Å². The third-order valence-electron chi connectivity index (χ3n) is 4.18. The van der Waals surface area contributed by atoms with Crippen molar-refractivity contribution in [2.24, 2.45) is 7.05 Å². The van der Waals surface area contributed by atoms with Crippen molar-refractivity contribution in [3.05, 3.63) is 48.0 Å². The molecule has 0 bridgehead atoms. The highest BCUT2D eigenvalue weighted by atomic mass is 32.2. The van der Waals surface area contributed by atoms with Crippen molar-refractivity contribution in [2.45, 2.75) is 24.3 Å². The van der Waals surface area contributed by atoms with Crippen LogP contribution in [-0.4, -0.2) is 36.3 Å². The van der Waals surface area contributed by atoms with Gasteiger partial charge in [0.2, 0.25) is 11.1 Å². The lowest BCUT2D eigenvalue weighted by molar-refractivity contribution is -0.115. The number of thioether (sulfide) groups is 1. The Morgan fingerprint density at radius 2 is 2.00 bits per heavy atom. The number of aromatic nitrogens is 5. The summed E-state index contributed by atoms with van der Waals surface area (Å²) in [5.41, 5.74) is 4.01. The highest BCUT2D eigenvalue weighted by Gasteiger charge is 2.18. The molecule has 2 heterocycles. The largest absolute Gasteiger partial charge is 0.325 e. The van der Waals surface area contributed by atoms with Gasteiger partial charge in [0.1, 0.15) is 5.01 Å². The molecule has 0 saturated heterocycles. The van der Waals surface area contributed by atoms with E-state index in [0.29, 0.717) is 5.16 Å². The second-order valence-corrected chi connectivity index (χ2v) is 8.74. The number of carbonyl (C=O) groups excluding carboxylic acids is 1. The Hall–Kier alpha value is -2.78. The summed E-state index contributed by atoms with van der Waals surface area (Å²) in [6.07, 6.45) is 0. The Morgan fingerprint density at radius 3 is 2.71 bits per heavy atom. The first-order valence-corrected chi connectivity index (χ1v) is 10.4. The Morgan fingerprint density at radius 1 is 1.21 bits per heavy atom. The molecule has 4 aromatic rings. The van der Waals surface area contributed by atoms with Gasteiger partial charge in [0.25, 0.3) is 0 Å². The summed E-state index contributed by atoms with van der Waals surface area (Å²) in [5, 5.41) is 15.4. The maximum Gasteiger partial charge on any atom is 0.237 e. The minimum Gasteiger partial charge on any atom is -0.325 e. The van der Waals surface area contributed by atoms with Crippen LogP contribution in [0.4, 0.5) is 5.69 Å². The maximum absolute atomic E-state index is 12.4. The van der Waals surface area contributed by atoms with Gasteiger partial charge >= 0.3 is 0 Å². The zero-order valence-electron chi connectivity index (χ0n) is 15.6. The Kier molecular flexibility index (Phi) is 5.10. The van der Waals surface area contributed by atoms with Crippen LogP contribution in [-0.2, 0) is 11.8 Å². The van der Waals surface area contributed by atoms with E-state index in [-0.39, 0.29) is 11.2 Å². The van der Waals surface area contributed by atoms with E-state index in [1.165, 1.54) is 22.0 Å². The van der Waals surface area contributed by atoms with Crippen LogP contribution in [0.3, 0.4) is 0 Å². The summed E-state index contributed by atoms with van der Waals surface area (Å²) in [6, 6.07) is 14.0. The second-order valence-electron chi connectivity index (χ2n) is 6.40. The van der Waals surface area contributed by atoms with Gasteiger partial charge in [0, 0.05) is 18.3 Å². The number of carbonyl (C=O) groups is 1. The number of nitrogens with zero attached hydrogens (tertiary/aromatic N) is 5. The number of amides is 1. The number of tetrazole rings is 1. The topological polar surface area (TPSA) is 85.6 Å². The Labute approximate surface area is 170 Å². The molecule has 0 aliphatic carbocycles. The van der Waals surface area contributed by atoms with Gasteiger partial charge in [-0.15, -0.1) is 16.4 Å². The third kappa shape index (κ3) is 3.90. The fraction of sp³-hybridized carbons (Fsp3) is 0.211. The number of fused-ring (bicyclic) bond motifs is 1. The molecule has 2 aromatic carbocycles. The number of rotatable bonds is 5. The maximum atomic E-state index is 12.4. The number of benzene rings is 2. The molecule has 1 amide bonds. The van der Waals surface area contributed by atoms with Crippen LogP contribution >= 0.6 is 23.1 Å². The van der Waals surface area contributed by atoms with Crippen LogP contribution in [0.5, 0.6) is 0 Å². The number of thiazole rings is 1. The van der Waals surface area contributed by atoms with Gasteiger partial charge < -0.3 is 5.32 Å². The first kappa shape index (κ1) is 18.6. The molecule has 2 aromatic heterocycles. The summed E-state index contributed by atoms with van der Waals surface area (Å²) in [4.78, 5) is 17.1. The summed E-state index contributed by atoms with van der Waals surface area (Å²) >= 11 is 2.98. The van der Waals surface area contributed by atoms with Gasteiger partial charge in [-0.3, -0.25) is 4.79 Å². The molecule has 0 radical (unpaired) electrons. The van der Waals surface area contributed by atoms with Crippen molar-refractivity contribution in [2.75, 3.05) is 5.32 Å². The summed E-state index contributed by atoms with van der Waals surface area (Å²) in [7, 11) is 1.75. The normalized spacial score (nSPS) is 12.2. The average molecular weight is 411 g/mol. The second kappa shape index (κ2) is 7.69. The fourth-order valence-electron chi connectivity index (χ4n) is 2.63. The van der Waals surface area contributed by atoms with Crippen LogP contribution in [0.25, 0.3) is 20.8 Å². The lowest BCUT2D eigenvalue weighted by Gasteiger charge is -2.11. The molecule has 7 nitrogen and oxygen atoms in total. The number of nitrogens with one attached hydrogen (secondary N) is 1. The van der Waals surface area contributed by atoms with Crippen LogP contribution in [0, 0.1) is 6.92 Å². The van der Waals surface area contributed by atoms with Crippen molar-refractivity contribution in [3.8, 4) is 10.6 Å². The summed E-state index contributed by atoms with van der Waals surface area (Å²) in [6.45, 7) is 3.91. The van der Waals surface area contributed by atoms with E-state index in [2.05, 4.69) is 39.9 Å². The first-order chi connectivity index (χ1) is 13.5. The van der Waals surface area contributed by atoms with Crippen LogP contribution in [0.15, 0.2) is 47.6 Å². The summed E-state index contributed by atoms with van der Waals surface area (Å²) < 4.78 is 2.72. The smallest absolute Gasteiger partial charge is 0.237 e. The Balaban J connectivity index is 1.45. The van der Waals surface area contributed by atoms with Crippen LogP contribution in [0.1, 0.15) is 12.5 Å². The molecule has 0 aliphatic heterocycles. The van der Waals surface area contributed by atoms with Crippen molar-refractivity contribution in [3.63, 3.8) is 0 Å². The molecule has 28 heavy (non-hydrogen) atoms. The third-order valence-corrected chi connectivity index (χ3v) is 6.37. The van der Waals surface area contributed by atoms with E-state index in [1.807, 2.05) is 37.3 Å². The molecule has 0 spiro atoms. The molecule has 9 heteroatoms.